The van der Waals surface area contributed by atoms with Gasteiger partial charge in [0.15, 0.2) is 5.78 Å². The standard InChI is InChI=1S/C27H38N4O5/c1-16(2)13-20(29-25(35)18-7-9-19(10-8-18)27(4,5)6)26(36)30-12-11-21-24(30)22(33)15-31(21)23(34)14-28-17(3)32/h7-10,16,20-21,24H,11-15H2,1-6H3,(H,28,32)(H,29,35). The number of rotatable bonds is 7. The zero-order chi connectivity index (χ0) is 26.8. The minimum Gasteiger partial charge on any atom is -0.347 e. The molecule has 0 bridgehead atoms. The monoisotopic (exact) mass is 498 g/mol. The normalized spacial score (nSPS) is 20.4. The Bertz CT molecular complexity index is 1030. The van der Waals surface area contributed by atoms with Crippen molar-refractivity contribution in [1.82, 2.24) is 20.4 Å². The van der Waals surface area contributed by atoms with Gasteiger partial charge in [0.2, 0.25) is 17.7 Å². The molecule has 1 aromatic carbocycles. The highest BCUT2D eigenvalue weighted by Crippen LogP contribution is 2.31. The van der Waals surface area contributed by atoms with E-state index in [1.807, 2.05) is 26.0 Å². The highest BCUT2D eigenvalue weighted by atomic mass is 16.2. The molecule has 3 rings (SSSR count). The van der Waals surface area contributed by atoms with Gasteiger partial charge in [0.05, 0.1) is 19.1 Å². The Hall–Kier alpha value is -3.23. The van der Waals surface area contributed by atoms with Crippen LogP contribution in [-0.4, -0.2) is 77.0 Å². The number of nitrogens with zero attached hydrogens (tertiary/aromatic N) is 2. The summed E-state index contributed by atoms with van der Waals surface area (Å²) in [6.45, 7) is 11.6. The Labute approximate surface area is 213 Å². The third-order valence-electron chi connectivity index (χ3n) is 6.84. The van der Waals surface area contributed by atoms with Crippen LogP contribution >= 0.6 is 0 Å². The van der Waals surface area contributed by atoms with E-state index in [2.05, 4.69) is 31.4 Å². The van der Waals surface area contributed by atoms with Crippen molar-refractivity contribution in [2.75, 3.05) is 19.6 Å². The number of carbonyl (C=O) groups excluding carboxylic acids is 5. The first-order valence-electron chi connectivity index (χ1n) is 12.6. The quantitative estimate of drug-likeness (QED) is 0.593. The van der Waals surface area contributed by atoms with Crippen molar-refractivity contribution in [1.29, 1.82) is 0 Å². The van der Waals surface area contributed by atoms with Gasteiger partial charge >= 0.3 is 0 Å². The second kappa shape index (κ2) is 10.8. The van der Waals surface area contributed by atoms with Crippen molar-refractivity contribution in [3.63, 3.8) is 0 Å². The summed E-state index contributed by atoms with van der Waals surface area (Å²) in [6.07, 6.45) is 0.905. The van der Waals surface area contributed by atoms with Crippen molar-refractivity contribution >= 4 is 29.4 Å². The maximum Gasteiger partial charge on any atom is 0.251 e. The molecule has 4 amide bonds. The summed E-state index contributed by atoms with van der Waals surface area (Å²) >= 11 is 0. The van der Waals surface area contributed by atoms with E-state index in [4.69, 9.17) is 0 Å². The lowest BCUT2D eigenvalue weighted by Crippen LogP contribution is -2.53. The van der Waals surface area contributed by atoms with E-state index in [1.165, 1.54) is 16.7 Å². The number of hydrogen-bond donors (Lipinski definition) is 2. The first-order valence-corrected chi connectivity index (χ1v) is 12.6. The summed E-state index contributed by atoms with van der Waals surface area (Å²) in [7, 11) is 0. The predicted molar refractivity (Wildman–Crippen MR) is 135 cm³/mol. The topological polar surface area (TPSA) is 116 Å². The molecule has 0 aliphatic carbocycles. The Kier molecular flexibility index (Phi) is 8.21. The maximum atomic E-state index is 13.6. The van der Waals surface area contributed by atoms with E-state index in [0.717, 1.165) is 5.56 Å². The van der Waals surface area contributed by atoms with Crippen molar-refractivity contribution in [2.24, 2.45) is 5.92 Å². The number of likely N-dealkylation sites (tertiary alicyclic amines) is 2. The number of nitrogens with one attached hydrogen (secondary N) is 2. The summed E-state index contributed by atoms with van der Waals surface area (Å²) in [6, 6.07) is 5.44. The largest absolute Gasteiger partial charge is 0.347 e. The maximum absolute atomic E-state index is 13.6. The van der Waals surface area contributed by atoms with Crippen molar-refractivity contribution < 1.29 is 24.0 Å². The molecule has 2 fully saturated rings. The number of Topliss-reactive ketones (excluding diaryl/α,β-unsaturated/α-hetero) is 1. The van der Waals surface area contributed by atoms with Crippen LogP contribution in [0.4, 0.5) is 0 Å². The van der Waals surface area contributed by atoms with Gasteiger partial charge in [0.1, 0.15) is 12.1 Å². The Morgan fingerprint density at radius 1 is 1.06 bits per heavy atom. The molecule has 2 aliphatic heterocycles. The van der Waals surface area contributed by atoms with E-state index >= 15 is 0 Å². The molecule has 36 heavy (non-hydrogen) atoms. The van der Waals surface area contributed by atoms with Crippen LogP contribution in [0, 0.1) is 5.92 Å². The average molecular weight is 499 g/mol. The molecule has 9 nitrogen and oxygen atoms in total. The summed E-state index contributed by atoms with van der Waals surface area (Å²) < 4.78 is 0. The van der Waals surface area contributed by atoms with Gasteiger partial charge in [0, 0.05) is 19.0 Å². The van der Waals surface area contributed by atoms with E-state index in [-0.39, 0.29) is 53.8 Å². The van der Waals surface area contributed by atoms with E-state index < -0.39 is 18.1 Å². The minimum absolute atomic E-state index is 0.0390. The SMILES string of the molecule is CC(=O)NCC(=O)N1CC(=O)C2C1CCN2C(=O)C(CC(C)C)NC(=O)c1ccc(C(C)(C)C)cc1. The van der Waals surface area contributed by atoms with Gasteiger partial charge in [-0.1, -0.05) is 46.8 Å². The fraction of sp³-hybridized carbons (Fsp3) is 0.593. The van der Waals surface area contributed by atoms with Gasteiger partial charge in [-0.05, 0) is 41.9 Å². The van der Waals surface area contributed by atoms with Crippen LogP contribution in [0.15, 0.2) is 24.3 Å². The molecule has 2 heterocycles. The molecule has 3 unspecified atom stereocenters. The predicted octanol–water partition coefficient (Wildman–Crippen LogP) is 1.65. The molecule has 2 saturated heterocycles. The highest BCUT2D eigenvalue weighted by Gasteiger charge is 2.52. The summed E-state index contributed by atoms with van der Waals surface area (Å²) in [5.41, 5.74) is 1.53. The molecule has 2 N–H and O–H groups in total. The number of fused-ring (bicyclic) bond motifs is 1. The van der Waals surface area contributed by atoms with Crippen LogP contribution in [-0.2, 0) is 24.6 Å². The lowest BCUT2D eigenvalue weighted by molar-refractivity contribution is -0.138. The van der Waals surface area contributed by atoms with Crippen LogP contribution in [0.3, 0.4) is 0 Å². The lowest BCUT2D eigenvalue weighted by atomic mass is 9.86. The fourth-order valence-electron chi connectivity index (χ4n) is 4.95. The Balaban J connectivity index is 1.73. The molecule has 2 aliphatic rings. The summed E-state index contributed by atoms with van der Waals surface area (Å²) in [5, 5.41) is 5.36. The molecule has 3 atom stereocenters. The third kappa shape index (κ3) is 6.12. The van der Waals surface area contributed by atoms with Crippen LogP contribution in [0.2, 0.25) is 0 Å². The lowest BCUT2D eigenvalue weighted by Gasteiger charge is -2.29. The van der Waals surface area contributed by atoms with Crippen LogP contribution < -0.4 is 10.6 Å². The number of amides is 4. The molecule has 9 heteroatoms. The zero-order valence-electron chi connectivity index (χ0n) is 22.1. The first kappa shape index (κ1) is 27.4. The van der Waals surface area contributed by atoms with Gasteiger partial charge in [-0.15, -0.1) is 0 Å². The van der Waals surface area contributed by atoms with Crippen LogP contribution in [0.25, 0.3) is 0 Å². The molecule has 0 spiro atoms. The molecule has 0 radical (unpaired) electrons. The highest BCUT2D eigenvalue weighted by molar-refractivity contribution is 6.01. The zero-order valence-corrected chi connectivity index (χ0v) is 22.1. The average Bonchev–Trinajstić information content (AvgIpc) is 3.37. The van der Waals surface area contributed by atoms with Gasteiger partial charge < -0.3 is 20.4 Å². The second-order valence-corrected chi connectivity index (χ2v) is 11.2. The molecule has 0 aromatic heterocycles. The van der Waals surface area contributed by atoms with Crippen molar-refractivity contribution in [2.45, 2.75) is 77.9 Å². The third-order valence-corrected chi connectivity index (χ3v) is 6.84. The Morgan fingerprint density at radius 3 is 2.25 bits per heavy atom. The first-order chi connectivity index (χ1) is 16.8. The number of hydrogen-bond acceptors (Lipinski definition) is 5. The number of carbonyl (C=O) groups is 5. The second-order valence-electron chi connectivity index (χ2n) is 11.2. The number of ketones is 1. The molecule has 0 saturated carbocycles. The summed E-state index contributed by atoms with van der Waals surface area (Å²) in [4.78, 5) is 66.3. The van der Waals surface area contributed by atoms with Crippen LogP contribution in [0.5, 0.6) is 0 Å². The Morgan fingerprint density at radius 2 is 1.69 bits per heavy atom. The van der Waals surface area contributed by atoms with Crippen molar-refractivity contribution in [3.8, 4) is 0 Å². The smallest absolute Gasteiger partial charge is 0.251 e. The molecular formula is C27H38N4O5. The van der Waals surface area contributed by atoms with E-state index in [1.54, 1.807) is 12.1 Å². The number of benzene rings is 1. The van der Waals surface area contributed by atoms with Gasteiger partial charge in [0.25, 0.3) is 5.91 Å². The van der Waals surface area contributed by atoms with Gasteiger partial charge in [-0.2, -0.15) is 0 Å². The van der Waals surface area contributed by atoms with Crippen molar-refractivity contribution in [3.05, 3.63) is 35.4 Å². The molecule has 1 aromatic rings. The molecule has 196 valence electrons. The van der Waals surface area contributed by atoms with Gasteiger partial charge in [-0.3, -0.25) is 24.0 Å². The minimum atomic E-state index is -0.782. The van der Waals surface area contributed by atoms with Gasteiger partial charge in [-0.25, -0.2) is 0 Å². The molecular weight excluding hydrogens is 460 g/mol. The summed E-state index contributed by atoms with van der Waals surface area (Å²) in [5.74, 6) is -1.37. The van der Waals surface area contributed by atoms with Crippen LogP contribution in [0.1, 0.15) is 70.3 Å². The van der Waals surface area contributed by atoms with E-state index in [0.29, 0.717) is 24.9 Å². The fourth-order valence-corrected chi connectivity index (χ4v) is 4.95. The van der Waals surface area contributed by atoms with E-state index in [9.17, 15) is 24.0 Å².